The molecule has 110 valence electrons. The maximum absolute atomic E-state index is 11.0. The third kappa shape index (κ3) is 4.01. The lowest BCUT2D eigenvalue weighted by molar-refractivity contribution is -0.385. The van der Waals surface area contributed by atoms with Crippen molar-refractivity contribution in [1.82, 2.24) is 10.2 Å². The van der Waals surface area contributed by atoms with Crippen molar-refractivity contribution in [1.29, 1.82) is 0 Å². The van der Waals surface area contributed by atoms with Crippen LogP contribution in [0.2, 0.25) is 0 Å². The lowest BCUT2D eigenvalue weighted by Crippen LogP contribution is -2.45. The number of likely N-dealkylation sites (tertiary alicyclic amines) is 1. The molecule has 1 heterocycles. The van der Waals surface area contributed by atoms with Crippen molar-refractivity contribution < 1.29 is 4.92 Å². The van der Waals surface area contributed by atoms with Crippen molar-refractivity contribution in [3.63, 3.8) is 0 Å². The van der Waals surface area contributed by atoms with Crippen LogP contribution in [-0.4, -0.2) is 35.5 Å². The van der Waals surface area contributed by atoms with Crippen molar-refractivity contribution in [2.75, 3.05) is 19.6 Å². The number of rotatable bonds is 5. The Morgan fingerprint density at radius 2 is 2.35 bits per heavy atom. The highest BCUT2D eigenvalue weighted by Crippen LogP contribution is 2.23. The monoisotopic (exact) mass is 341 g/mol. The highest BCUT2D eigenvalue weighted by atomic mass is 79.9. The van der Waals surface area contributed by atoms with Crippen LogP contribution in [0.5, 0.6) is 0 Å². The van der Waals surface area contributed by atoms with Crippen LogP contribution in [0.15, 0.2) is 22.7 Å². The first-order valence-corrected chi connectivity index (χ1v) is 7.78. The fraction of sp³-hybridized carbons (Fsp3) is 0.571. The van der Waals surface area contributed by atoms with Crippen molar-refractivity contribution in [3.05, 3.63) is 38.3 Å². The summed E-state index contributed by atoms with van der Waals surface area (Å²) in [6, 6.07) is 5.51. The maximum Gasteiger partial charge on any atom is 0.273 e. The van der Waals surface area contributed by atoms with E-state index in [9.17, 15) is 10.1 Å². The molecule has 1 atom stereocenters. The number of benzene rings is 1. The Labute approximate surface area is 127 Å². The first-order chi connectivity index (χ1) is 9.60. The standard InChI is InChI=1S/C14H20BrN3O2/c1-2-17-7-3-4-13(10-17)16-9-11-8-12(15)5-6-14(11)18(19)20/h5-6,8,13,16H,2-4,7,9-10H2,1H3. The van der Waals surface area contributed by atoms with E-state index in [1.165, 1.54) is 6.42 Å². The molecule has 0 amide bonds. The van der Waals surface area contributed by atoms with Crippen LogP contribution in [-0.2, 0) is 6.54 Å². The summed E-state index contributed by atoms with van der Waals surface area (Å²) in [5.74, 6) is 0. The number of likely N-dealkylation sites (N-methyl/N-ethyl adjacent to an activating group) is 1. The molecule has 1 aromatic rings. The first kappa shape index (κ1) is 15.4. The normalized spacial score (nSPS) is 20.0. The minimum Gasteiger partial charge on any atom is -0.308 e. The van der Waals surface area contributed by atoms with Gasteiger partial charge >= 0.3 is 0 Å². The number of nitrogens with zero attached hydrogens (tertiary/aromatic N) is 2. The zero-order valence-corrected chi connectivity index (χ0v) is 13.2. The van der Waals surface area contributed by atoms with E-state index in [0.717, 1.165) is 36.1 Å². The van der Waals surface area contributed by atoms with Gasteiger partial charge in [-0.3, -0.25) is 10.1 Å². The van der Waals surface area contributed by atoms with Gasteiger partial charge in [-0.05, 0) is 38.1 Å². The highest BCUT2D eigenvalue weighted by Gasteiger charge is 2.20. The molecule has 1 N–H and O–H groups in total. The summed E-state index contributed by atoms with van der Waals surface area (Å²) in [6.07, 6.45) is 2.32. The molecule has 20 heavy (non-hydrogen) atoms. The van der Waals surface area contributed by atoms with E-state index < -0.39 is 0 Å². The summed E-state index contributed by atoms with van der Waals surface area (Å²) in [4.78, 5) is 13.1. The van der Waals surface area contributed by atoms with Crippen molar-refractivity contribution in [3.8, 4) is 0 Å². The van der Waals surface area contributed by atoms with Crippen LogP contribution in [0.25, 0.3) is 0 Å². The first-order valence-electron chi connectivity index (χ1n) is 6.98. The molecule has 0 radical (unpaired) electrons. The van der Waals surface area contributed by atoms with Gasteiger partial charge in [0.1, 0.15) is 0 Å². The van der Waals surface area contributed by atoms with E-state index in [1.54, 1.807) is 12.1 Å². The van der Waals surface area contributed by atoms with Crippen LogP contribution >= 0.6 is 15.9 Å². The Hall–Kier alpha value is -0.980. The van der Waals surface area contributed by atoms with Crippen LogP contribution < -0.4 is 5.32 Å². The van der Waals surface area contributed by atoms with Crippen molar-refractivity contribution in [2.45, 2.75) is 32.4 Å². The molecule has 1 aliphatic heterocycles. The third-order valence-corrected chi connectivity index (χ3v) is 4.27. The summed E-state index contributed by atoms with van der Waals surface area (Å²) in [6.45, 7) is 5.96. The number of hydrogen-bond acceptors (Lipinski definition) is 4. The number of hydrogen-bond donors (Lipinski definition) is 1. The van der Waals surface area contributed by atoms with Gasteiger partial charge in [0.2, 0.25) is 0 Å². The lowest BCUT2D eigenvalue weighted by Gasteiger charge is -2.32. The second kappa shape index (κ2) is 7.15. The fourth-order valence-corrected chi connectivity index (χ4v) is 3.05. The van der Waals surface area contributed by atoms with Gasteiger partial charge in [-0.15, -0.1) is 0 Å². The molecule has 1 aromatic carbocycles. The summed E-state index contributed by atoms with van der Waals surface area (Å²) < 4.78 is 0.874. The summed E-state index contributed by atoms with van der Waals surface area (Å²) in [7, 11) is 0. The summed E-state index contributed by atoms with van der Waals surface area (Å²) >= 11 is 3.37. The Morgan fingerprint density at radius 1 is 1.55 bits per heavy atom. The Balaban J connectivity index is 1.99. The summed E-state index contributed by atoms with van der Waals surface area (Å²) in [5, 5.41) is 14.5. The van der Waals surface area contributed by atoms with Crippen LogP contribution in [0.4, 0.5) is 5.69 Å². The van der Waals surface area contributed by atoms with Crippen LogP contribution in [0, 0.1) is 10.1 Å². The number of nitro groups is 1. The topological polar surface area (TPSA) is 58.4 Å². The maximum atomic E-state index is 11.0. The molecule has 5 nitrogen and oxygen atoms in total. The molecule has 1 unspecified atom stereocenters. The second-order valence-electron chi connectivity index (χ2n) is 5.14. The molecule has 2 rings (SSSR count). The minimum atomic E-state index is -0.317. The highest BCUT2D eigenvalue weighted by molar-refractivity contribution is 9.10. The molecular formula is C14H20BrN3O2. The molecule has 0 spiro atoms. The SMILES string of the molecule is CCN1CCCC(NCc2cc(Br)ccc2[N+](=O)[O-])C1. The molecule has 0 bridgehead atoms. The largest absolute Gasteiger partial charge is 0.308 e. The third-order valence-electron chi connectivity index (χ3n) is 3.77. The van der Waals surface area contributed by atoms with E-state index in [4.69, 9.17) is 0 Å². The number of nitrogens with one attached hydrogen (secondary N) is 1. The van der Waals surface area contributed by atoms with Gasteiger partial charge in [0.15, 0.2) is 0 Å². The Morgan fingerprint density at radius 3 is 3.05 bits per heavy atom. The molecule has 0 aromatic heterocycles. The predicted octanol–water partition coefficient (Wildman–Crippen LogP) is 2.93. The van der Waals surface area contributed by atoms with Gasteiger partial charge in [0.25, 0.3) is 5.69 Å². The molecular weight excluding hydrogens is 322 g/mol. The van der Waals surface area contributed by atoms with Crippen LogP contribution in [0.3, 0.4) is 0 Å². The smallest absolute Gasteiger partial charge is 0.273 e. The Kier molecular flexibility index (Phi) is 5.51. The van der Waals surface area contributed by atoms with E-state index in [0.29, 0.717) is 12.6 Å². The number of halogens is 1. The van der Waals surface area contributed by atoms with Crippen molar-refractivity contribution >= 4 is 21.6 Å². The van der Waals surface area contributed by atoms with E-state index in [2.05, 4.69) is 33.1 Å². The van der Waals surface area contributed by atoms with Gasteiger partial charge in [0, 0.05) is 35.2 Å². The number of nitro benzene ring substituents is 1. The Bertz CT molecular complexity index is 481. The molecule has 0 saturated carbocycles. The molecule has 1 fully saturated rings. The zero-order chi connectivity index (χ0) is 14.5. The van der Waals surface area contributed by atoms with Gasteiger partial charge < -0.3 is 10.2 Å². The van der Waals surface area contributed by atoms with Crippen molar-refractivity contribution in [2.24, 2.45) is 0 Å². The summed E-state index contributed by atoms with van der Waals surface area (Å²) in [5.41, 5.74) is 0.918. The van der Waals surface area contributed by atoms with Gasteiger partial charge in [-0.2, -0.15) is 0 Å². The second-order valence-corrected chi connectivity index (χ2v) is 6.06. The molecule has 1 aliphatic rings. The average Bonchev–Trinajstić information content (AvgIpc) is 2.45. The van der Waals surface area contributed by atoms with Gasteiger partial charge in [-0.25, -0.2) is 0 Å². The molecule has 6 heteroatoms. The minimum absolute atomic E-state index is 0.184. The average molecular weight is 342 g/mol. The van der Waals surface area contributed by atoms with Gasteiger partial charge in [-0.1, -0.05) is 22.9 Å². The molecule has 1 saturated heterocycles. The van der Waals surface area contributed by atoms with Crippen LogP contribution in [0.1, 0.15) is 25.3 Å². The van der Waals surface area contributed by atoms with Gasteiger partial charge in [0.05, 0.1) is 4.92 Å². The zero-order valence-electron chi connectivity index (χ0n) is 11.6. The van der Waals surface area contributed by atoms with E-state index in [1.807, 2.05) is 6.07 Å². The molecule has 0 aliphatic carbocycles. The van der Waals surface area contributed by atoms with E-state index >= 15 is 0 Å². The number of piperidine rings is 1. The lowest BCUT2D eigenvalue weighted by atomic mass is 10.1. The van der Waals surface area contributed by atoms with E-state index in [-0.39, 0.29) is 10.6 Å². The fourth-order valence-electron chi connectivity index (χ4n) is 2.64. The quantitative estimate of drug-likeness (QED) is 0.660. The predicted molar refractivity (Wildman–Crippen MR) is 82.8 cm³/mol.